The van der Waals surface area contributed by atoms with Gasteiger partial charge in [-0.3, -0.25) is 9.59 Å². The summed E-state index contributed by atoms with van der Waals surface area (Å²) in [6, 6.07) is 5.11. The molecule has 0 aromatic heterocycles. The molecule has 102 valence electrons. The lowest BCUT2D eigenvalue weighted by Gasteiger charge is -2.18. The quantitative estimate of drug-likeness (QED) is 0.773. The molecule has 0 saturated carbocycles. The van der Waals surface area contributed by atoms with Crippen molar-refractivity contribution in [2.75, 3.05) is 27.3 Å². The number of carbonyl (C=O) groups excluding carboxylic acids is 2. The van der Waals surface area contributed by atoms with Crippen LogP contribution in [-0.2, 0) is 4.79 Å². The van der Waals surface area contributed by atoms with E-state index in [0.717, 1.165) is 0 Å². The molecular formula is C14H17NO4. The largest absolute Gasteiger partial charge is 0.486 e. The molecule has 0 spiro atoms. The Bertz CT molecular complexity index is 496. The average molecular weight is 263 g/mol. The predicted octanol–water partition coefficient (Wildman–Crippen LogP) is 1.51. The number of ketones is 1. The minimum absolute atomic E-state index is 0.0501. The smallest absolute Gasteiger partial charge is 0.222 e. The van der Waals surface area contributed by atoms with Gasteiger partial charge in [-0.25, -0.2) is 0 Å². The van der Waals surface area contributed by atoms with E-state index in [1.165, 1.54) is 4.90 Å². The highest BCUT2D eigenvalue weighted by Crippen LogP contribution is 2.31. The van der Waals surface area contributed by atoms with E-state index in [4.69, 9.17) is 9.47 Å². The van der Waals surface area contributed by atoms with Crippen molar-refractivity contribution >= 4 is 11.7 Å². The first kappa shape index (κ1) is 13.4. The van der Waals surface area contributed by atoms with Gasteiger partial charge in [-0.1, -0.05) is 0 Å². The second-order valence-corrected chi connectivity index (χ2v) is 4.57. The molecular weight excluding hydrogens is 246 g/mol. The normalized spacial score (nSPS) is 12.9. The maximum Gasteiger partial charge on any atom is 0.222 e. The first-order valence-electron chi connectivity index (χ1n) is 6.21. The molecule has 1 aromatic carbocycles. The van der Waals surface area contributed by atoms with E-state index in [0.29, 0.717) is 30.3 Å². The Balaban J connectivity index is 2.01. The molecule has 5 heteroatoms. The lowest BCUT2D eigenvalue weighted by Crippen LogP contribution is -2.22. The molecule has 1 amide bonds. The maximum atomic E-state index is 12.0. The molecule has 5 nitrogen and oxygen atoms in total. The zero-order chi connectivity index (χ0) is 13.8. The first-order valence-corrected chi connectivity index (χ1v) is 6.21. The van der Waals surface area contributed by atoms with Gasteiger partial charge in [0.25, 0.3) is 0 Å². The van der Waals surface area contributed by atoms with Gasteiger partial charge in [-0.05, 0) is 18.2 Å². The van der Waals surface area contributed by atoms with Crippen LogP contribution in [0.2, 0.25) is 0 Å². The van der Waals surface area contributed by atoms with E-state index in [-0.39, 0.29) is 24.5 Å². The van der Waals surface area contributed by atoms with Crippen molar-refractivity contribution in [3.8, 4) is 11.5 Å². The van der Waals surface area contributed by atoms with Gasteiger partial charge in [0.2, 0.25) is 5.91 Å². The zero-order valence-corrected chi connectivity index (χ0v) is 11.1. The molecule has 0 fully saturated rings. The van der Waals surface area contributed by atoms with Gasteiger partial charge in [-0.15, -0.1) is 0 Å². The van der Waals surface area contributed by atoms with Crippen molar-refractivity contribution in [2.24, 2.45) is 0 Å². The lowest BCUT2D eigenvalue weighted by molar-refractivity contribution is -0.128. The van der Waals surface area contributed by atoms with Crippen LogP contribution >= 0.6 is 0 Å². The molecule has 1 aromatic rings. The Kier molecular flexibility index (Phi) is 4.04. The highest BCUT2D eigenvalue weighted by atomic mass is 16.6. The summed E-state index contributed by atoms with van der Waals surface area (Å²) in [5.74, 6) is 1.14. The predicted molar refractivity (Wildman–Crippen MR) is 69.7 cm³/mol. The van der Waals surface area contributed by atoms with Gasteiger partial charge in [0.1, 0.15) is 13.2 Å². The summed E-state index contributed by atoms with van der Waals surface area (Å²) in [7, 11) is 3.35. The Morgan fingerprint density at radius 3 is 2.47 bits per heavy atom. The number of fused-ring (bicyclic) bond motifs is 1. The second-order valence-electron chi connectivity index (χ2n) is 4.57. The molecule has 19 heavy (non-hydrogen) atoms. The minimum Gasteiger partial charge on any atom is -0.486 e. The molecule has 1 aliphatic heterocycles. The summed E-state index contributed by atoms with van der Waals surface area (Å²) >= 11 is 0. The molecule has 2 rings (SSSR count). The topological polar surface area (TPSA) is 55.8 Å². The van der Waals surface area contributed by atoms with Gasteiger partial charge in [-0.2, -0.15) is 0 Å². The monoisotopic (exact) mass is 263 g/mol. The van der Waals surface area contributed by atoms with Gasteiger partial charge in [0.05, 0.1) is 0 Å². The fraction of sp³-hybridized carbons (Fsp3) is 0.429. The third kappa shape index (κ3) is 3.24. The number of Topliss-reactive ketones (excluding diaryl/α,β-unsaturated/α-hetero) is 1. The van der Waals surface area contributed by atoms with Crippen LogP contribution in [0.3, 0.4) is 0 Å². The Hall–Kier alpha value is -2.04. The molecule has 0 unspecified atom stereocenters. The summed E-state index contributed by atoms with van der Waals surface area (Å²) in [6.07, 6.45) is 0.428. The molecule has 1 heterocycles. The van der Waals surface area contributed by atoms with Crippen LogP contribution in [-0.4, -0.2) is 43.9 Å². The van der Waals surface area contributed by atoms with Crippen molar-refractivity contribution in [3.05, 3.63) is 23.8 Å². The zero-order valence-electron chi connectivity index (χ0n) is 11.1. The van der Waals surface area contributed by atoms with Crippen molar-refractivity contribution in [3.63, 3.8) is 0 Å². The van der Waals surface area contributed by atoms with Crippen LogP contribution in [0.5, 0.6) is 11.5 Å². The Labute approximate surface area is 112 Å². The number of amides is 1. The summed E-state index contributed by atoms with van der Waals surface area (Å²) < 4.78 is 10.8. The highest BCUT2D eigenvalue weighted by Gasteiger charge is 2.16. The highest BCUT2D eigenvalue weighted by molar-refractivity contribution is 5.98. The molecule has 0 saturated heterocycles. The molecule has 0 atom stereocenters. The van der Waals surface area contributed by atoms with Gasteiger partial charge in [0.15, 0.2) is 17.3 Å². The number of benzene rings is 1. The van der Waals surface area contributed by atoms with E-state index in [2.05, 4.69) is 0 Å². The van der Waals surface area contributed by atoms with Gasteiger partial charge < -0.3 is 14.4 Å². The van der Waals surface area contributed by atoms with Gasteiger partial charge >= 0.3 is 0 Å². The fourth-order valence-electron chi connectivity index (χ4n) is 1.81. The standard InChI is InChI=1S/C14H17NO4/c1-15(2)14(17)6-4-11(16)10-3-5-12-13(9-10)19-8-7-18-12/h3,5,9H,4,6-8H2,1-2H3. The van der Waals surface area contributed by atoms with Crippen LogP contribution in [0.25, 0.3) is 0 Å². The van der Waals surface area contributed by atoms with E-state index in [9.17, 15) is 9.59 Å². The van der Waals surface area contributed by atoms with E-state index < -0.39 is 0 Å². The average Bonchev–Trinajstić information content (AvgIpc) is 2.43. The van der Waals surface area contributed by atoms with Crippen LogP contribution < -0.4 is 9.47 Å². The van der Waals surface area contributed by atoms with Gasteiger partial charge in [0, 0.05) is 32.5 Å². The number of ether oxygens (including phenoxy) is 2. The SMILES string of the molecule is CN(C)C(=O)CCC(=O)c1ccc2c(c1)OCCO2. The molecule has 1 aliphatic rings. The summed E-state index contributed by atoms with van der Waals surface area (Å²) in [4.78, 5) is 24.9. The summed E-state index contributed by atoms with van der Waals surface area (Å²) in [6.45, 7) is 1.02. The third-order valence-corrected chi connectivity index (χ3v) is 2.93. The van der Waals surface area contributed by atoms with Crippen LogP contribution in [0.4, 0.5) is 0 Å². The second kappa shape index (κ2) is 5.73. The summed E-state index contributed by atoms with van der Waals surface area (Å²) in [5.41, 5.74) is 0.552. The molecule has 0 aliphatic carbocycles. The van der Waals surface area contributed by atoms with Crippen LogP contribution in [0.15, 0.2) is 18.2 Å². The molecule has 0 N–H and O–H groups in total. The fourth-order valence-corrected chi connectivity index (χ4v) is 1.81. The third-order valence-electron chi connectivity index (χ3n) is 2.93. The van der Waals surface area contributed by atoms with Crippen LogP contribution in [0.1, 0.15) is 23.2 Å². The maximum absolute atomic E-state index is 12.0. The molecule has 0 bridgehead atoms. The number of hydrogen-bond donors (Lipinski definition) is 0. The molecule has 0 radical (unpaired) electrons. The number of nitrogens with zero attached hydrogens (tertiary/aromatic N) is 1. The van der Waals surface area contributed by atoms with Crippen molar-refractivity contribution < 1.29 is 19.1 Å². The summed E-state index contributed by atoms with van der Waals surface area (Å²) in [5, 5.41) is 0. The van der Waals surface area contributed by atoms with Crippen LogP contribution in [0, 0.1) is 0 Å². The first-order chi connectivity index (χ1) is 9.08. The lowest BCUT2D eigenvalue weighted by atomic mass is 10.1. The number of rotatable bonds is 4. The Morgan fingerprint density at radius 1 is 1.11 bits per heavy atom. The Morgan fingerprint density at radius 2 is 1.79 bits per heavy atom. The van der Waals surface area contributed by atoms with E-state index in [1.54, 1.807) is 32.3 Å². The van der Waals surface area contributed by atoms with E-state index in [1.807, 2.05) is 0 Å². The van der Waals surface area contributed by atoms with E-state index >= 15 is 0 Å². The number of hydrogen-bond acceptors (Lipinski definition) is 4. The van der Waals surface area contributed by atoms with Crippen molar-refractivity contribution in [1.82, 2.24) is 4.90 Å². The van der Waals surface area contributed by atoms with Crippen molar-refractivity contribution in [1.29, 1.82) is 0 Å². The van der Waals surface area contributed by atoms with Crippen molar-refractivity contribution in [2.45, 2.75) is 12.8 Å². The number of carbonyl (C=O) groups is 2. The minimum atomic E-state index is -0.0628.